The van der Waals surface area contributed by atoms with Crippen LogP contribution in [-0.2, 0) is 19.4 Å². The predicted molar refractivity (Wildman–Crippen MR) is 92.8 cm³/mol. The van der Waals surface area contributed by atoms with E-state index in [1.54, 1.807) is 36.4 Å². The van der Waals surface area contributed by atoms with E-state index in [9.17, 15) is 23.1 Å². The van der Waals surface area contributed by atoms with Crippen LogP contribution in [0.2, 0.25) is 0 Å². The normalized spacial score (nSPS) is 14.3. The van der Waals surface area contributed by atoms with Gasteiger partial charge in [0.25, 0.3) is 0 Å². The summed E-state index contributed by atoms with van der Waals surface area (Å²) in [4.78, 5) is 21.2. The summed E-state index contributed by atoms with van der Waals surface area (Å²) in [7, 11) is -3.90. The molecule has 0 spiro atoms. The summed E-state index contributed by atoms with van der Waals surface area (Å²) >= 11 is 0. The molecule has 7 nitrogen and oxygen atoms in total. The number of aliphatic hydroxyl groups excluding tert-OH is 1. The van der Waals surface area contributed by atoms with E-state index < -0.39 is 45.3 Å². The molecule has 2 unspecified atom stereocenters. The fourth-order valence-corrected chi connectivity index (χ4v) is 3.91. The molecule has 1 rings (SSSR count). The zero-order valence-corrected chi connectivity index (χ0v) is 14.4. The third kappa shape index (κ3) is 7.95. The quantitative estimate of drug-likeness (QED) is 0.539. The summed E-state index contributed by atoms with van der Waals surface area (Å²) in [6.45, 7) is 0. The van der Waals surface area contributed by atoms with Gasteiger partial charge >= 0.3 is 11.9 Å². The summed E-state index contributed by atoms with van der Waals surface area (Å²) in [5.74, 6) is -2.87. The Hall–Kier alpha value is -2.19. The van der Waals surface area contributed by atoms with Crippen molar-refractivity contribution in [1.82, 2.24) is 0 Å². The average Bonchev–Trinajstić information content (AvgIpc) is 2.53. The van der Waals surface area contributed by atoms with Gasteiger partial charge in [-0.2, -0.15) is 0 Å². The number of aliphatic hydroxyl groups is 1. The Labute approximate surface area is 146 Å². The summed E-state index contributed by atoms with van der Waals surface area (Å²) in [5, 5.41) is 26.3. The van der Waals surface area contributed by atoms with Crippen LogP contribution in [-0.4, -0.2) is 52.8 Å². The Balaban J connectivity index is 2.94. The second kappa shape index (κ2) is 9.95. The lowest BCUT2D eigenvalue weighted by atomic mass is 10.1. The standard InChI is InChI=1S/C17H22O7S/c18-14(7-4-8-16(19)20)15(25(23,24)12-11-17(21)22)10-9-13-5-2-1-3-6-13/h1-3,5-6,9-10,14-15,18H,4,7-8,11-12H2,(H,19,20)(H,21,22). The van der Waals surface area contributed by atoms with Crippen LogP contribution in [0.5, 0.6) is 0 Å². The maximum atomic E-state index is 12.4. The van der Waals surface area contributed by atoms with Gasteiger partial charge in [-0.05, 0) is 18.4 Å². The van der Waals surface area contributed by atoms with Crippen molar-refractivity contribution >= 4 is 27.9 Å². The van der Waals surface area contributed by atoms with Gasteiger partial charge < -0.3 is 15.3 Å². The van der Waals surface area contributed by atoms with E-state index in [0.29, 0.717) is 0 Å². The molecule has 3 N–H and O–H groups in total. The fraction of sp³-hybridized carbons (Fsp3) is 0.412. The first-order chi connectivity index (χ1) is 11.7. The van der Waals surface area contributed by atoms with E-state index in [0.717, 1.165) is 5.56 Å². The Morgan fingerprint density at radius 1 is 1.04 bits per heavy atom. The number of hydrogen-bond donors (Lipinski definition) is 3. The second-order valence-corrected chi connectivity index (χ2v) is 7.88. The van der Waals surface area contributed by atoms with E-state index in [1.165, 1.54) is 6.08 Å². The number of carboxylic acids is 2. The number of aliphatic carboxylic acids is 2. The minimum absolute atomic E-state index is 0.0115. The first-order valence-corrected chi connectivity index (χ1v) is 9.50. The molecule has 8 heteroatoms. The van der Waals surface area contributed by atoms with Gasteiger partial charge in [-0.25, -0.2) is 8.42 Å². The molecule has 0 radical (unpaired) electrons. The van der Waals surface area contributed by atoms with Gasteiger partial charge in [-0.1, -0.05) is 42.5 Å². The van der Waals surface area contributed by atoms with Gasteiger partial charge in [0.15, 0.2) is 9.84 Å². The van der Waals surface area contributed by atoms with Crippen LogP contribution in [0.3, 0.4) is 0 Å². The van der Waals surface area contributed by atoms with Crippen molar-refractivity contribution in [2.24, 2.45) is 0 Å². The predicted octanol–water partition coefficient (Wildman–Crippen LogP) is 1.57. The molecule has 0 saturated carbocycles. The highest BCUT2D eigenvalue weighted by Crippen LogP contribution is 2.18. The van der Waals surface area contributed by atoms with Crippen molar-refractivity contribution in [3.63, 3.8) is 0 Å². The molecule has 0 fully saturated rings. The lowest BCUT2D eigenvalue weighted by Crippen LogP contribution is -2.34. The van der Waals surface area contributed by atoms with Crippen LogP contribution in [0.4, 0.5) is 0 Å². The van der Waals surface area contributed by atoms with Crippen molar-refractivity contribution < 1.29 is 33.3 Å². The van der Waals surface area contributed by atoms with Crippen LogP contribution in [0.1, 0.15) is 31.2 Å². The molecular weight excluding hydrogens is 348 g/mol. The summed E-state index contributed by atoms with van der Waals surface area (Å²) < 4.78 is 24.8. The zero-order chi connectivity index (χ0) is 18.9. The molecule has 25 heavy (non-hydrogen) atoms. The van der Waals surface area contributed by atoms with E-state index in [2.05, 4.69) is 0 Å². The molecule has 0 aromatic heterocycles. The van der Waals surface area contributed by atoms with Gasteiger partial charge in [0, 0.05) is 6.42 Å². The van der Waals surface area contributed by atoms with Crippen LogP contribution >= 0.6 is 0 Å². The van der Waals surface area contributed by atoms with Crippen molar-refractivity contribution in [3.05, 3.63) is 42.0 Å². The zero-order valence-electron chi connectivity index (χ0n) is 13.6. The Bertz CT molecular complexity index is 695. The minimum atomic E-state index is -3.90. The van der Waals surface area contributed by atoms with Gasteiger partial charge in [0.2, 0.25) is 0 Å². The summed E-state index contributed by atoms with van der Waals surface area (Å²) in [6, 6.07) is 8.87. The minimum Gasteiger partial charge on any atom is -0.481 e. The molecule has 0 amide bonds. The molecule has 0 aliphatic rings. The summed E-state index contributed by atoms with van der Waals surface area (Å²) in [6.07, 6.45) is 0.948. The van der Waals surface area contributed by atoms with Gasteiger partial charge in [-0.15, -0.1) is 0 Å². The molecule has 138 valence electrons. The number of carbonyl (C=O) groups is 2. The lowest BCUT2D eigenvalue weighted by molar-refractivity contribution is -0.138. The van der Waals surface area contributed by atoms with Crippen molar-refractivity contribution in [3.8, 4) is 0 Å². The largest absolute Gasteiger partial charge is 0.481 e. The molecule has 1 aromatic rings. The molecule has 0 saturated heterocycles. The van der Waals surface area contributed by atoms with Crippen LogP contribution in [0, 0.1) is 0 Å². The van der Waals surface area contributed by atoms with Crippen molar-refractivity contribution in [2.45, 2.75) is 37.0 Å². The number of benzene rings is 1. The SMILES string of the molecule is O=C(O)CCCC(O)C(C=Cc1ccccc1)S(=O)(=O)CCC(=O)O. The molecular formula is C17H22O7S. The Kier molecular flexibility index (Phi) is 8.30. The Morgan fingerprint density at radius 3 is 2.20 bits per heavy atom. The number of hydrogen-bond acceptors (Lipinski definition) is 5. The summed E-state index contributed by atoms with van der Waals surface area (Å²) in [5.41, 5.74) is 0.735. The molecule has 1 aromatic carbocycles. The average molecular weight is 370 g/mol. The van der Waals surface area contributed by atoms with Gasteiger partial charge in [-0.3, -0.25) is 9.59 Å². The number of sulfone groups is 1. The maximum Gasteiger partial charge on any atom is 0.304 e. The van der Waals surface area contributed by atoms with E-state index >= 15 is 0 Å². The molecule has 0 heterocycles. The van der Waals surface area contributed by atoms with Crippen LogP contribution in [0.25, 0.3) is 6.08 Å². The van der Waals surface area contributed by atoms with Crippen molar-refractivity contribution in [1.29, 1.82) is 0 Å². The van der Waals surface area contributed by atoms with Gasteiger partial charge in [0.1, 0.15) is 5.25 Å². The highest BCUT2D eigenvalue weighted by Gasteiger charge is 2.30. The molecule has 2 atom stereocenters. The second-order valence-electron chi connectivity index (χ2n) is 5.60. The van der Waals surface area contributed by atoms with Gasteiger partial charge in [0.05, 0.1) is 18.3 Å². The Morgan fingerprint density at radius 2 is 1.64 bits per heavy atom. The van der Waals surface area contributed by atoms with Crippen molar-refractivity contribution in [2.75, 3.05) is 5.75 Å². The van der Waals surface area contributed by atoms with E-state index in [4.69, 9.17) is 10.2 Å². The highest BCUT2D eigenvalue weighted by molar-refractivity contribution is 7.92. The third-order valence-corrected chi connectivity index (χ3v) is 5.64. The lowest BCUT2D eigenvalue weighted by Gasteiger charge is -2.20. The first kappa shape index (κ1) is 20.9. The number of rotatable bonds is 11. The smallest absolute Gasteiger partial charge is 0.304 e. The molecule has 0 bridgehead atoms. The maximum absolute atomic E-state index is 12.4. The topological polar surface area (TPSA) is 129 Å². The first-order valence-electron chi connectivity index (χ1n) is 7.79. The molecule has 0 aliphatic carbocycles. The monoisotopic (exact) mass is 370 g/mol. The van der Waals surface area contributed by atoms with E-state index in [1.807, 2.05) is 0 Å². The van der Waals surface area contributed by atoms with Crippen LogP contribution < -0.4 is 0 Å². The van der Waals surface area contributed by atoms with Crippen LogP contribution in [0.15, 0.2) is 36.4 Å². The highest BCUT2D eigenvalue weighted by atomic mass is 32.2. The van der Waals surface area contributed by atoms with E-state index in [-0.39, 0.29) is 19.3 Å². The number of carboxylic acid groups (broad SMARTS) is 2. The fourth-order valence-electron chi connectivity index (χ4n) is 2.25. The third-order valence-electron chi connectivity index (χ3n) is 3.56. The molecule has 0 aliphatic heterocycles.